The summed E-state index contributed by atoms with van der Waals surface area (Å²) in [5, 5.41) is 11.6. The van der Waals surface area contributed by atoms with E-state index in [0.29, 0.717) is 0 Å². The molecule has 16 heavy (non-hydrogen) atoms. The molecule has 0 saturated heterocycles. The molecule has 0 aromatic heterocycles. The number of hydrogen-bond donors (Lipinski definition) is 1. The second kappa shape index (κ2) is 7.47. The normalized spacial score (nSPS) is 13.8. The van der Waals surface area contributed by atoms with E-state index in [1.165, 1.54) is 0 Å². The first-order valence-electron chi connectivity index (χ1n) is 5.15. The van der Waals surface area contributed by atoms with E-state index < -0.39 is 18.6 Å². The molecule has 1 N–H and O–H groups in total. The van der Waals surface area contributed by atoms with E-state index in [-0.39, 0.29) is 25.7 Å². The first-order chi connectivity index (χ1) is 7.35. The molecule has 0 aromatic carbocycles. The van der Waals surface area contributed by atoms with E-state index in [9.17, 15) is 13.2 Å². The summed E-state index contributed by atoms with van der Waals surface area (Å²) in [5.41, 5.74) is 0. The van der Waals surface area contributed by atoms with Gasteiger partial charge in [0, 0.05) is 19.1 Å². The molecule has 0 aliphatic rings. The van der Waals surface area contributed by atoms with Crippen LogP contribution in [0.1, 0.15) is 26.7 Å². The highest BCUT2D eigenvalue weighted by atomic mass is 19.4. The molecule has 0 fully saturated rings. The molecule has 0 aliphatic heterocycles. The number of rotatable bonds is 7. The van der Waals surface area contributed by atoms with Crippen molar-refractivity contribution in [3.63, 3.8) is 0 Å². The Balaban J connectivity index is 3.54. The number of nitriles is 1. The Hall–Kier alpha value is -0.800. The minimum atomic E-state index is -4.13. The zero-order valence-electron chi connectivity index (χ0n) is 9.47. The van der Waals surface area contributed by atoms with Crippen molar-refractivity contribution < 1.29 is 17.9 Å². The predicted molar refractivity (Wildman–Crippen MR) is 53.8 cm³/mol. The largest absolute Gasteiger partial charge is 0.389 e. The molecule has 1 unspecified atom stereocenters. The Bertz CT molecular complexity index is 223. The van der Waals surface area contributed by atoms with Gasteiger partial charge in [-0.2, -0.15) is 18.4 Å². The van der Waals surface area contributed by atoms with Gasteiger partial charge in [-0.3, -0.25) is 5.32 Å². The summed E-state index contributed by atoms with van der Waals surface area (Å²) in [6.07, 6.45) is -5.04. The molecule has 6 heteroatoms. The fourth-order valence-electron chi connectivity index (χ4n) is 1.10. The molecular formula is C10H17F3N2O. The predicted octanol–water partition coefficient (Wildman–Crippen LogP) is 2.24. The van der Waals surface area contributed by atoms with E-state index in [2.05, 4.69) is 5.32 Å². The number of alkyl halides is 3. The van der Waals surface area contributed by atoms with Gasteiger partial charge in [0.1, 0.15) is 6.04 Å². The highest BCUT2D eigenvalue weighted by molar-refractivity contribution is 4.90. The van der Waals surface area contributed by atoms with E-state index in [4.69, 9.17) is 10.00 Å². The monoisotopic (exact) mass is 238 g/mol. The summed E-state index contributed by atoms with van der Waals surface area (Å²) in [5.74, 6) is 0. The number of ether oxygens (including phenoxy) is 1. The maximum Gasteiger partial charge on any atom is 0.389 e. The van der Waals surface area contributed by atoms with Gasteiger partial charge >= 0.3 is 6.18 Å². The maximum atomic E-state index is 11.8. The van der Waals surface area contributed by atoms with Crippen molar-refractivity contribution in [1.29, 1.82) is 5.26 Å². The molecule has 3 nitrogen and oxygen atoms in total. The lowest BCUT2D eigenvalue weighted by atomic mass is 10.3. The Morgan fingerprint density at radius 1 is 1.38 bits per heavy atom. The van der Waals surface area contributed by atoms with Crippen LogP contribution >= 0.6 is 0 Å². The van der Waals surface area contributed by atoms with Crippen LogP contribution in [0.5, 0.6) is 0 Å². The molecule has 0 bridgehead atoms. The van der Waals surface area contributed by atoms with Gasteiger partial charge < -0.3 is 4.74 Å². The Morgan fingerprint density at radius 3 is 2.44 bits per heavy atom. The van der Waals surface area contributed by atoms with Crippen LogP contribution < -0.4 is 5.32 Å². The Kier molecular flexibility index (Phi) is 7.10. The molecule has 0 saturated carbocycles. The van der Waals surface area contributed by atoms with Gasteiger partial charge in [0.2, 0.25) is 0 Å². The number of hydrogen-bond acceptors (Lipinski definition) is 3. The summed E-state index contributed by atoms with van der Waals surface area (Å²) in [6.45, 7) is 3.91. The van der Waals surface area contributed by atoms with Gasteiger partial charge in [0.15, 0.2) is 0 Å². The van der Waals surface area contributed by atoms with Crippen LogP contribution in [-0.4, -0.2) is 31.5 Å². The third kappa shape index (κ3) is 9.74. The first-order valence-corrected chi connectivity index (χ1v) is 5.15. The van der Waals surface area contributed by atoms with Crippen molar-refractivity contribution in [3.05, 3.63) is 0 Å². The van der Waals surface area contributed by atoms with Gasteiger partial charge in [0.05, 0.1) is 12.7 Å². The highest BCUT2D eigenvalue weighted by Crippen LogP contribution is 2.20. The first kappa shape index (κ1) is 15.2. The molecule has 0 amide bonds. The summed E-state index contributed by atoms with van der Waals surface area (Å²) in [4.78, 5) is 0. The fraction of sp³-hybridized carbons (Fsp3) is 0.900. The lowest BCUT2D eigenvalue weighted by Crippen LogP contribution is -2.37. The van der Waals surface area contributed by atoms with Crippen LogP contribution in [0, 0.1) is 11.3 Å². The van der Waals surface area contributed by atoms with Crippen LogP contribution in [0.3, 0.4) is 0 Å². The third-order valence-corrected chi connectivity index (χ3v) is 1.72. The van der Waals surface area contributed by atoms with Crippen LogP contribution in [-0.2, 0) is 4.74 Å². The molecule has 0 heterocycles. The molecule has 0 spiro atoms. The zero-order valence-corrected chi connectivity index (χ0v) is 9.47. The minimum absolute atomic E-state index is 0.0253. The van der Waals surface area contributed by atoms with E-state index in [1.54, 1.807) is 0 Å². The van der Waals surface area contributed by atoms with E-state index >= 15 is 0 Å². The van der Waals surface area contributed by atoms with Crippen LogP contribution in [0.15, 0.2) is 0 Å². The highest BCUT2D eigenvalue weighted by Gasteiger charge is 2.25. The average molecular weight is 238 g/mol. The smallest absolute Gasteiger partial charge is 0.379 e. The lowest BCUT2D eigenvalue weighted by Gasteiger charge is -2.14. The van der Waals surface area contributed by atoms with Gasteiger partial charge in [0.25, 0.3) is 0 Å². The number of halogens is 3. The SMILES string of the molecule is CC(C)NC(C#N)COCCCC(F)(F)F. The van der Waals surface area contributed by atoms with Crippen molar-refractivity contribution in [2.75, 3.05) is 13.2 Å². The average Bonchev–Trinajstić information content (AvgIpc) is 2.13. The topological polar surface area (TPSA) is 45.0 Å². The van der Waals surface area contributed by atoms with Crippen molar-refractivity contribution in [2.45, 2.75) is 44.9 Å². The summed E-state index contributed by atoms with van der Waals surface area (Å²) >= 11 is 0. The molecule has 0 radical (unpaired) electrons. The quantitative estimate of drug-likeness (QED) is 0.692. The Labute approximate surface area is 93.6 Å². The van der Waals surface area contributed by atoms with Gasteiger partial charge in [-0.05, 0) is 20.3 Å². The number of nitrogens with one attached hydrogen (secondary N) is 1. The second-order valence-electron chi connectivity index (χ2n) is 3.80. The second-order valence-corrected chi connectivity index (χ2v) is 3.80. The van der Waals surface area contributed by atoms with Gasteiger partial charge in [-0.1, -0.05) is 0 Å². The van der Waals surface area contributed by atoms with Crippen LogP contribution in [0.25, 0.3) is 0 Å². The fourth-order valence-corrected chi connectivity index (χ4v) is 1.10. The Morgan fingerprint density at radius 2 is 2.00 bits per heavy atom. The standard InChI is InChI=1S/C10H17F3N2O/c1-8(2)15-9(6-14)7-16-5-3-4-10(11,12)13/h8-9,15H,3-5,7H2,1-2H3. The summed E-state index contributed by atoms with van der Waals surface area (Å²) in [7, 11) is 0. The molecule has 0 rings (SSSR count). The van der Waals surface area contributed by atoms with Crippen LogP contribution in [0.4, 0.5) is 13.2 Å². The van der Waals surface area contributed by atoms with Gasteiger partial charge in [-0.25, -0.2) is 0 Å². The number of nitrogens with zero attached hydrogens (tertiary/aromatic N) is 1. The molecular weight excluding hydrogens is 221 g/mol. The molecule has 0 aromatic rings. The summed E-state index contributed by atoms with van der Waals surface area (Å²) < 4.78 is 40.3. The van der Waals surface area contributed by atoms with Crippen molar-refractivity contribution in [1.82, 2.24) is 5.32 Å². The van der Waals surface area contributed by atoms with Crippen molar-refractivity contribution >= 4 is 0 Å². The van der Waals surface area contributed by atoms with Crippen LogP contribution in [0.2, 0.25) is 0 Å². The lowest BCUT2D eigenvalue weighted by molar-refractivity contribution is -0.137. The zero-order chi connectivity index (χ0) is 12.6. The molecule has 94 valence electrons. The van der Waals surface area contributed by atoms with Crippen molar-refractivity contribution in [2.24, 2.45) is 0 Å². The molecule has 0 aliphatic carbocycles. The summed E-state index contributed by atoms with van der Waals surface area (Å²) in [6, 6.07) is 1.66. The van der Waals surface area contributed by atoms with Gasteiger partial charge in [-0.15, -0.1) is 0 Å². The maximum absolute atomic E-state index is 11.8. The van der Waals surface area contributed by atoms with E-state index in [1.807, 2.05) is 19.9 Å². The molecule has 1 atom stereocenters. The minimum Gasteiger partial charge on any atom is -0.379 e. The third-order valence-electron chi connectivity index (χ3n) is 1.72. The van der Waals surface area contributed by atoms with E-state index in [0.717, 1.165) is 0 Å². The van der Waals surface area contributed by atoms with Crippen molar-refractivity contribution in [3.8, 4) is 6.07 Å².